The zero-order valence-electron chi connectivity index (χ0n) is 21.7. The number of hydrogen-bond acceptors (Lipinski definition) is 10. The Hall–Kier alpha value is -0.840. The number of hydrogen-bond donors (Lipinski definition) is 3. The van der Waals surface area contributed by atoms with Crippen molar-refractivity contribution in [3.63, 3.8) is 0 Å². The molecule has 1 rings (SSSR count). The molecule has 10 nitrogen and oxygen atoms in total. The largest absolute Gasteiger partial charge is 0.395 e. The summed E-state index contributed by atoms with van der Waals surface area (Å²) in [4.78, 5) is 7.15. The van der Waals surface area contributed by atoms with Crippen molar-refractivity contribution in [1.82, 2.24) is 14.7 Å². The lowest BCUT2D eigenvalue weighted by molar-refractivity contribution is -0.00265. The van der Waals surface area contributed by atoms with Gasteiger partial charge in [0.15, 0.2) is 0 Å². The third kappa shape index (κ3) is 17.3. The summed E-state index contributed by atoms with van der Waals surface area (Å²) in [7, 11) is 0. The van der Waals surface area contributed by atoms with Crippen molar-refractivity contribution >= 4 is 0 Å². The van der Waals surface area contributed by atoms with Gasteiger partial charge < -0.3 is 39.8 Å². The summed E-state index contributed by atoms with van der Waals surface area (Å²) in [6.07, 6.45) is 8.10. The molecule has 4 N–H and O–H groups in total. The highest BCUT2D eigenvalue weighted by Crippen LogP contribution is 2.07. The average molecular weight is 503 g/mol. The third-order valence-corrected chi connectivity index (χ3v) is 6.08. The lowest BCUT2D eigenvalue weighted by Crippen LogP contribution is -2.48. The molecule has 0 saturated carbocycles. The van der Waals surface area contributed by atoms with Gasteiger partial charge >= 0.3 is 0 Å². The van der Waals surface area contributed by atoms with Crippen molar-refractivity contribution in [1.29, 1.82) is 0 Å². The van der Waals surface area contributed by atoms with E-state index >= 15 is 0 Å². The van der Waals surface area contributed by atoms with Crippen LogP contribution in [0.1, 0.15) is 19.3 Å². The molecule has 0 spiro atoms. The monoisotopic (exact) mass is 502 g/mol. The maximum atomic E-state index is 9.55. The van der Waals surface area contributed by atoms with Crippen LogP contribution in [-0.4, -0.2) is 156 Å². The van der Waals surface area contributed by atoms with Crippen molar-refractivity contribution in [2.75, 3.05) is 125 Å². The first kappa shape index (κ1) is 32.2. The number of aliphatic hydroxyl groups is 2. The van der Waals surface area contributed by atoms with Crippen LogP contribution in [0.25, 0.3) is 0 Å². The Morgan fingerprint density at radius 2 is 1.26 bits per heavy atom. The van der Waals surface area contributed by atoms with E-state index in [-0.39, 0.29) is 19.3 Å². The van der Waals surface area contributed by atoms with E-state index in [9.17, 15) is 10.2 Å². The molecule has 0 aromatic carbocycles. The summed E-state index contributed by atoms with van der Waals surface area (Å²) in [5.41, 5.74) is 5.60. The molecule has 0 unspecified atom stereocenters. The minimum atomic E-state index is -0.173. The molecule has 206 valence electrons. The zero-order chi connectivity index (χ0) is 25.4. The van der Waals surface area contributed by atoms with Crippen LogP contribution in [0.5, 0.6) is 0 Å². The van der Waals surface area contributed by atoms with E-state index in [0.29, 0.717) is 59.4 Å². The molecule has 10 heteroatoms. The van der Waals surface area contributed by atoms with Gasteiger partial charge in [-0.2, -0.15) is 0 Å². The molecule has 35 heavy (non-hydrogen) atoms. The van der Waals surface area contributed by atoms with Crippen LogP contribution in [0.4, 0.5) is 0 Å². The van der Waals surface area contributed by atoms with Crippen LogP contribution >= 0.6 is 0 Å². The third-order valence-electron chi connectivity index (χ3n) is 6.08. The number of unbranched alkanes of at least 4 members (excludes halogenated alkanes) is 1. The van der Waals surface area contributed by atoms with Gasteiger partial charge in [0.05, 0.1) is 65.5 Å². The Labute approximate surface area is 212 Å². The molecule has 0 aromatic heterocycles. The van der Waals surface area contributed by atoms with Gasteiger partial charge in [-0.3, -0.25) is 9.80 Å². The fraction of sp³-hybridized carbons (Fsp3) is 0.920. The Kier molecular flexibility index (Phi) is 21.7. The van der Waals surface area contributed by atoms with Crippen molar-refractivity contribution in [3.05, 3.63) is 0 Å². The topological polar surface area (TPSA) is 113 Å². The second-order valence-corrected chi connectivity index (χ2v) is 8.68. The molecule has 1 aliphatic heterocycles. The van der Waals surface area contributed by atoms with E-state index in [0.717, 1.165) is 71.6 Å². The van der Waals surface area contributed by atoms with Crippen LogP contribution < -0.4 is 5.73 Å². The first-order valence-electron chi connectivity index (χ1n) is 13.1. The molecule has 1 heterocycles. The second-order valence-electron chi connectivity index (χ2n) is 8.68. The Balaban J connectivity index is 1.98. The van der Waals surface area contributed by atoms with E-state index in [2.05, 4.69) is 20.6 Å². The van der Waals surface area contributed by atoms with E-state index in [1.165, 1.54) is 0 Å². The zero-order valence-corrected chi connectivity index (χ0v) is 21.7. The summed E-state index contributed by atoms with van der Waals surface area (Å²) in [5, 5.41) is 19.1. The molecule has 0 atom stereocenters. The Morgan fingerprint density at radius 3 is 1.80 bits per heavy atom. The maximum absolute atomic E-state index is 9.55. The van der Waals surface area contributed by atoms with Crippen LogP contribution in [0.3, 0.4) is 0 Å². The summed E-state index contributed by atoms with van der Waals surface area (Å²) >= 11 is 0. The van der Waals surface area contributed by atoms with Gasteiger partial charge in [0.1, 0.15) is 6.61 Å². The van der Waals surface area contributed by atoms with Crippen molar-refractivity contribution in [2.45, 2.75) is 25.3 Å². The fourth-order valence-corrected chi connectivity index (χ4v) is 3.94. The van der Waals surface area contributed by atoms with Gasteiger partial charge in [0, 0.05) is 32.7 Å². The number of rotatable bonds is 24. The molecule has 1 aliphatic rings. The summed E-state index contributed by atoms with van der Waals surface area (Å²) in [5.74, 6) is 2.41. The highest BCUT2D eigenvalue weighted by Gasteiger charge is 2.19. The van der Waals surface area contributed by atoms with E-state index in [4.69, 9.17) is 31.1 Å². The number of piperazine rings is 1. The van der Waals surface area contributed by atoms with Crippen LogP contribution in [-0.2, 0) is 18.9 Å². The van der Waals surface area contributed by atoms with Gasteiger partial charge in [0.2, 0.25) is 0 Å². The number of terminal acetylenes is 1. The molecular weight excluding hydrogens is 452 g/mol. The van der Waals surface area contributed by atoms with Gasteiger partial charge in [0.25, 0.3) is 0 Å². The number of aliphatic hydroxyl groups excluding tert-OH is 2. The number of nitrogens with two attached hydrogens (primary N) is 1. The van der Waals surface area contributed by atoms with E-state index < -0.39 is 0 Å². The molecule has 1 saturated heterocycles. The molecule has 0 amide bonds. The van der Waals surface area contributed by atoms with Gasteiger partial charge in [-0.1, -0.05) is 5.92 Å². The van der Waals surface area contributed by atoms with Crippen LogP contribution in [0, 0.1) is 12.3 Å². The number of nitrogens with zero attached hydrogens (tertiary/aromatic N) is 3. The first-order chi connectivity index (χ1) is 17.2. The summed E-state index contributed by atoms with van der Waals surface area (Å²) < 4.78 is 21.7. The Morgan fingerprint density at radius 1 is 0.743 bits per heavy atom. The molecular formula is C25H50N4O6. The first-order valence-corrected chi connectivity index (χ1v) is 13.1. The predicted molar refractivity (Wildman–Crippen MR) is 137 cm³/mol. The van der Waals surface area contributed by atoms with Gasteiger partial charge in [-0.25, -0.2) is 0 Å². The van der Waals surface area contributed by atoms with E-state index in [1.807, 2.05) is 0 Å². The van der Waals surface area contributed by atoms with Crippen LogP contribution in [0.2, 0.25) is 0 Å². The Bertz CT molecular complexity index is 499. The highest BCUT2D eigenvalue weighted by atomic mass is 16.6. The smallest absolute Gasteiger partial charge is 0.107 e. The SMILES string of the molecule is C#CCOCCOCCOCCOCCN1CCN(CCCN(CCCCN)C(CO)CO)CC1. The minimum absolute atomic E-state index is 0.00946. The van der Waals surface area contributed by atoms with Gasteiger partial charge in [-0.05, 0) is 45.4 Å². The molecule has 0 bridgehead atoms. The number of ether oxygens (including phenoxy) is 4. The minimum Gasteiger partial charge on any atom is -0.395 e. The second kappa shape index (κ2) is 23.6. The van der Waals surface area contributed by atoms with E-state index in [1.54, 1.807) is 0 Å². The van der Waals surface area contributed by atoms with Gasteiger partial charge in [-0.15, -0.1) is 6.42 Å². The standard InChI is InChI=1S/C25H50N4O6/c1-2-15-32-17-19-34-21-22-35-20-18-33-16-14-28-12-10-27(11-13-28)7-5-9-29(8-4-3-6-26)25(23-30)24-31/h1,25,30-31H,3-24,26H2. The molecule has 1 fully saturated rings. The normalized spacial score (nSPS) is 15.3. The fourth-order valence-electron chi connectivity index (χ4n) is 3.94. The average Bonchev–Trinajstić information content (AvgIpc) is 2.88. The molecule has 0 radical (unpaired) electrons. The van der Waals surface area contributed by atoms with Crippen LogP contribution in [0.15, 0.2) is 0 Å². The van der Waals surface area contributed by atoms with Crippen molar-refractivity contribution in [3.8, 4) is 12.3 Å². The lowest BCUT2D eigenvalue weighted by Gasteiger charge is -2.35. The van der Waals surface area contributed by atoms with Crippen molar-refractivity contribution in [2.24, 2.45) is 5.73 Å². The summed E-state index contributed by atoms with van der Waals surface area (Å²) in [6.45, 7) is 13.0. The molecule has 0 aliphatic carbocycles. The predicted octanol–water partition coefficient (Wildman–Crippen LogP) is -0.912. The lowest BCUT2D eigenvalue weighted by atomic mass is 10.2. The maximum Gasteiger partial charge on any atom is 0.107 e. The van der Waals surface area contributed by atoms with Crippen molar-refractivity contribution < 1.29 is 29.2 Å². The quantitative estimate of drug-likeness (QED) is 0.113. The highest BCUT2D eigenvalue weighted by molar-refractivity contribution is 4.82. The molecule has 0 aromatic rings. The summed E-state index contributed by atoms with van der Waals surface area (Å²) in [6, 6.07) is -0.173.